The van der Waals surface area contributed by atoms with Gasteiger partial charge in [0, 0.05) is 33.2 Å². The van der Waals surface area contributed by atoms with Crippen LogP contribution in [-0.4, -0.2) is 49.7 Å². The van der Waals surface area contributed by atoms with Crippen LogP contribution in [0.4, 0.5) is 11.5 Å². The number of hydrogen-bond donors (Lipinski definition) is 1. The van der Waals surface area contributed by atoms with Gasteiger partial charge in [0.15, 0.2) is 0 Å². The van der Waals surface area contributed by atoms with Crippen LogP contribution in [0.1, 0.15) is 19.8 Å². The fraction of sp³-hybridized carbons (Fsp3) is 0.643. The first-order valence-electron chi connectivity index (χ1n) is 6.81. The topological polar surface area (TPSA) is 31.4 Å². The highest BCUT2D eigenvalue weighted by Gasteiger charge is 2.17. The van der Waals surface area contributed by atoms with Gasteiger partial charge in [0.2, 0.25) is 0 Å². The van der Waals surface area contributed by atoms with E-state index in [0.29, 0.717) is 6.04 Å². The summed E-state index contributed by atoms with van der Waals surface area (Å²) in [5.74, 6) is 1.00. The van der Waals surface area contributed by atoms with Crippen LogP contribution < -0.4 is 10.2 Å². The second-order valence-electron chi connectivity index (χ2n) is 5.15. The van der Waals surface area contributed by atoms with Crippen molar-refractivity contribution in [1.82, 2.24) is 9.88 Å². The lowest BCUT2D eigenvalue weighted by Gasteiger charge is -2.32. The minimum Gasteiger partial charge on any atom is -0.381 e. The minimum absolute atomic E-state index is 0.597. The zero-order chi connectivity index (χ0) is 13.0. The van der Waals surface area contributed by atoms with Gasteiger partial charge in [0.25, 0.3) is 0 Å². The van der Waals surface area contributed by atoms with Crippen molar-refractivity contribution in [3.63, 3.8) is 0 Å². The molecule has 0 atom stereocenters. The fourth-order valence-electron chi connectivity index (χ4n) is 2.37. The van der Waals surface area contributed by atoms with E-state index in [1.54, 1.807) is 0 Å². The molecule has 0 aliphatic carbocycles. The summed E-state index contributed by atoms with van der Waals surface area (Å²) >= 11 is 0. The number of likely N-dealkylation sites (tertiary alicyclic amines) is 1. The zero-order valence-corrected chi connectivity index (χ0v) is 11.7. The molecule has 0 spiro atoms. The molecular formula is C14H24N4. The van der Waals surface area contributed by atoms with Gasteiger partial charge in [0.05, 0.1) is 11.9 Å². The minimum atomic E-state index is 0.597. The molecule has 0 radical (unpaired) electrons. The third kappa shape index (κ3) is 3.35. The maximum Gasteiger partial charge on any atom is 0.128 e. The van der Waals surface area contributed by atoms with Crippen LogP contribution in [0.25, 0.3) is 0 Å². The summed E-state index contributed by atoms with van der Waals surface area (Å²) in [5.41, 5.74) is 1.13. The SMILES string of the molecule is CCN1CCC(Nc2ccc(N(C)C)nc2)CC1. The lowest BCUT2D eigenvalue weighted by atomic mass is 10.0. The fourth-order valence-corrected chi connectivity index (χ4v) is 2.37. The number of piperidine rings is 1. The average Bonchev–Trinajstić information content (AvgIpc) is 2.40. The summed E-state index contributed by atoms with van der Waals surface area (Å²) in [7, 11) is 4.02. The molecule has 1 aliphatic heterocycles. The van der Waals surface area contributed by atoms with Crippen molar-refractivity contribution in [3.05, 3.63) is 18.3 Å². The van der Waals surface area contributed by atoms with E-state index in [1.807, 2.05) is 25.2 Å². The van der Waals surface area contributed by atoms with Crippen LogP contribution in [0.5, 0.6) is 0 Å². The molecule has 4 nitrogen and oxygen atoms in total. The summed E-state index contributed by atoms with van der Waals surface area (Å²) < 4.78 is 0. The Labute approximate surface area is 110 Å². The molecule has 4 heteroatoms. The molecule has 100 valence electrons. The van der Waals surface area contributed by atoms with Crippen LogP contribution >= 0.6 is 0 Å². The molecule has 1 aliphatic rings. The predicted octanol–water partition coefficient (Wildman–Crippen LogP) is 2.04. The molecular weight excluding hydrogens is 224 g/mol. The average molecular weight is 248 g/mol. The first-order chi connectivity index (χ1) is 8.69. The van der Waals surface area contributed by atoms with Crippen molar-refractivity contribution < 1.29 is 0 Å². The number of nitrogens with zero attached hydrogens (tertiary/aromatic N) is 3. The highest BCUT2D eigenvalue weighted by Crippen LogP contribution is 2.17. The molecule has 0 aromatic carbocycles. The van der Waals surface area contributed by atoms with Crippen molar-refractivity contribution in [3.8, 4) is 0 Å². The maximum absolute atomic E-state index is 4.43. The number of rotatable bonds is 4. The molecule has 1 aromatic heterocycles. The van der Waals surface area contributed by atoms with Gasteiger partial charge in [-0.1, -0.05) is 6.92 Å². The van der Waals surface area contributed by atoms with Gasteiger partial charge in [-0.05, 0) is 31.5 Å². The highest BCUT2D eigenvalue weighted by atomic mass is 15.1. The van der Waals surface area contributed by atoms with Crippen LogP contribution in [-0.2, 0) is 0 Å². The van der Waals surface area contributed by atoms with E-state index in [9.17, 15) is 0 Å². The smallest absolute Gasteiger partial charge is 0.128 e. The third-order valence-corrected chi connectivity index (χ3v) is 3.61. The van der Waals surface area contributed by atoms with Crippen molar-refractivity contribution in [2.24, 2.45) is 0 Å². The van der Waals surface area contributed by atoms with Gasteiger partial charge in [-0.15, -0.1) is 0 Å². The lowest BCUT2D eigenvalue weighted by Crippen LogP contribution is -2.38. The predicted molar refractivity (Wildman–Crippen MR) is 77.3 cm³/mol. The van der Waals surface area contributed by atoms with Gasteiger partial charge >= 0.3 is 0 Å². The number of pyridine rings is 1. The molecule has 18 heavy (non-hydrogen) atoms. The lowest BCUT2D eigenvalue weighted by molar-refractivity contribution is 0.229. The van der Waals surface area contributed by atoms with Crippen molar-refractivity contribution in [2.45, 2.75) is 25.8 Å². The Morgan fingerprint density at radius 3 is 2.56 bits per heavy atom. The Morgan fingerprint density at radius 1 is 1.33 bits per heavy atom. The first-order valence-corrected chi connectivity index (χ1v) is 6.81. The van der Waals surface area contributed by atoms with Gasteiger partial charge in [0.1, 0.15) is 5.82 Å². The van der Waals surface area contributed by atoms with Gasteiger partial charge < -0.3 is 15.1 Å². The number of anilines is 2. The molecule has 1 saturated heterocycles. The van der Waals surface area contributed by atoms with E-state index in [0.717, 1.165) is 11.5 Å². The third-order valence-electron chi connectivity index (χ3n) is 3.61. The quantitative estimate of drug-likeness (QED) is 0.883. The standard InChI is InChI=1S/C14H24N4/c1-4-18-9-7-12(8-10-18)16-13-5-6-14(15-11-13)17(2)3/h5-6,11-12,16H,4,7-10H2,1-3H3. The van der Waals surface area contributed by atoms with E-state index in [2.05, 4.69) is 34.3 Å². The van der Waals surface area contributed by atoms with E-state index in [1.165, 1.54) is 32.5 Å². The van der Waals surface area contributed by atoms with Crippen molar-refractivity contribution in [1.29, 1.82) is 0 Å². The van der Waals surface area contributed by atoms with Gasteiger partial charge in [-0.25, -0.2) is 4.98 Å². The van der Waals surface area contributed by atoms with Crippen LogP contribution in [0, 0.1) is 0 Å². The summed E-state index contributed by atoms with van der Waals surface area (Å²) in [4.78, 5) is 8.95. The Hall–Kier alpha value is -1.29. The molecule has 2 heterocycles. The summed E-state index contributed by atoms with van der Waals surface area (Å²) in [5, 5.41) is 3.58. The second kappa shape index (κ2) is 6.05. The molecule has 0 bridgehead atoms. The van der Waals surface area contributed by atoms with Crippen molar-refractivity contribution in [2.75, 3.05) is 43.9 Å². The summed E-state index contributed by atoms with van der Waals surface area (Å²) in [6.45, 7) is 5.82. The summed E-state index contributed by atoms with van der Waals surface area (Å²) in [6, 6.07) is 4.78. The molecule has 2 rings (SSSR count). The Balaban J connectivity index is 1.86. The Bertz CT molecular complexity index is 353. The Kier molecular flexibility index (Phi) is 4.42. The normalized spacial score (nSPS) is 17.7. The van der Waals surface area contributed by atoms with Crippen molar-refractivity contribution >= 4 is 11.5 Å². The van der Waals surface area contributed by atoms with E-state index in [-0.39, 0.29) is 0 Å². The number of aromatic nitrogens is 1. The second-order valence-corrected chi connectivity index (χ2v) is 5.15. The van der Waals surface area contributed by atoms with E-state index in [4.69, 9.17) is 0 Å². The number of nitrogens with one attached hydrogen (secondary N) is 1. The van der Waals surface area contributed by atoms with Gasteiger partial charge in [-0.3, -0.25) is 0 Å². The van der Waals surface area contributed by atoms with Crippen LogP contribution in [0.2, 0.25) is 0 Å². The number of hydrogen-bond acceptors (Lipinski definition) is 4. The Morgan fingerprint density at radius 2 is 2.06 bits per heavy atom. The first kappa shape index (κ1) is 13.1. The molecule has 0 amide bonds. The van der Waals surface area contributed by atoms with Gasteiger partial charge in [-0.2, -0.15) is 0 Å². The van der Waals surface area contributed by atoms with Crippen LogP contribution in [0.15, 0.2) is 18.3 Å². The molecule has 1 N–H and O–H groups in total. The highest BCUT2D eigenvalue weighted by molar-refractivity contribution is 5.48. The maximum atomic E-state index is 4.43. The van der Waals surface area contributed by atoms with Crippen LogP contribution in [0.3, 0.4) is 0 Å². The van der Waals surface area contributed by atoms with E-state index < -0.39 is 0 Å². The molecule has 0 saturated carbocycles. The summed E-state index contributed by atoms with van der Waals surface area (Å²) in [6.07, 6.45) is 4.38. The molecule has 1 aromatic rings. The largest absolute Gasteiger partial charge is 0.381 e. The van der Waals surface area contributed by atoms with E-state index >= 15 is 0 Å². The zero-order valence-electron chi connectivity index (χ0n) is 11.7. The monoisotopic (exact) mass is 248 g/mol. The molecule has 0 unspecified atom stereocenters. The molecule has 1 fully saturated rings.